The molecule has 0 radical (unpaired) electrons. The van der Waals surface area contributed by atoms with Gasteiger partial charge in [-0.3, -0.25) is 14.4 Å². The molecule has 2 aliphatic heterocycles. The van der Waals surface area contributed by atoms with Crippen LogP contribution in [-0.4, -0.2) is 59.9 Å². The molecule has 158 valence electrons. The first kappa shape index (κ1) is 21.3. The summed E-state index contributed by atoms with van der Waals surface area (Å²) in [5.74, 6) is -0.0218. The number of hydrogen-bond acceptors (Lipinski definition) is 4. The minimum absolute atomic E-state index is 0.0118. The molecule has 2 saturated heterocycles. The molecule has 0 bridgehead atoms. The number of amides is 2. The van der Waals surface area contributed by atoms with Crippen molar-refractivity contribution in [2.45, 2.75) is 52.6 Å². The standard InChI is InChI=1S/C23H32N2O4/c1-16-8-12-24(13-9-16)21(26)18(3)29-23(28)19-10-14-25(15-11-19)22(27)20-7-5-4-6-17(20)2/h4-7,16,18-19H,8-15H2,1-3H3/t18-/m0/s1. The molecule has 1 aromatic rings. The lowest BCUT2D eigenvalue weighted by Gasteiger charge is -2.33. The highest BCUT2D eigenvalue weighted by Gasteiger charge is 2.32. The van der Waals surface area contributed by atoms with Gasteiger partial charge in [0.15, 0.2) is 6.10 Å². The van der Waals surface area contributed by atoms with Crippen molar-refractivity contribution in [3.8, 4) is 0 Å². The van der Waals surface area contributed by atoms with Crippen LogP contribution >= 0.6 is 0 Å². The van der Waals surface area contributed by atoms with Crippen LogP contribution in [0.3, 0.4) is 0 Å². The van der Waals surface area contributed by atoms with Gasteiger partial charge in [-0.2, -0.15) is 0 Å². The number of hydrogen-bond donors (Lipinski definition) is 0. The van der Waals surface area contributed by atoms with E-state index in [0.29, 0.717) is 37.4 Å². The van der Waals surface area contributed by atoms with Crippen LogP contribution < -0.4 is 0 Å². The van der Waals surface area contributed by atoms with Crippen molar-refractivity contribution in [1.82, 2.24) is 9.80 Å². The first-order chi connectivity index (χ1) is 13.9. The number of aryl methyl sites for hydroxylation is 1. The summed E-state index contributed by atoms with van der Waals surface area (Å²) < 4.78 is 5.50. The summed E-state index contributed by atoms with van der Waals surface area (Å²) in [7, 11) is 0. The highest BCUT2D eigenvalue weighted by molar-refractivity contribution is 5.95. The van der Waals surface area contributed by atoms with E-state index in [4.69, 9.17) is 4.74 Å². The number of nitrogens with zero attached hydrogens (tertiary/aromatic N) is 2. The van der Waals surface area contributed by atoms with Gasteiger partial charge in [0.2, 0.25) is 0 Å². The Morgan fingerprint density at radius 3 is 2.17 bits per heavy atom. The van der Waals surface area contributed by atoms with E-state index in [1.54, 1.807) is 16.7 Å². The number of rotatable bonds is 4. The molecule has 0 saturated carbocycles. The Bertz CT molecular complexity index is 747. The van der Waals surface area contributed by atoms with Gasteiger partial charge in [-0.1, -0.05) is 25.1 Å². The molecule has 0 aromatic heterocycles. The molecular weight excluding hydrogens is 368 g/mol. The molecule has 1 aromatic carbocycles. The van der Waals surface area contributed by atoms with Crippen LogP contribution in [0.2, 0.25) is 0 Å². The van der Waals surface area contributed by atoms with Gasteiger partial charge in [0.1, 0.15) is 0 Å². The average Bonchev–Trinajstić information content (AvgIpc) is 2.73. The highest BCUT2D eigenvalue weighted by Crippen LogP contribution is 2.23. The molecular formula is C23H32N2O4. The van der Waals surface area contributed by atoms with Crippen molar-refractivity contribution in [3.05, 3.63) is 35.4 Å². The summed E-state index contributed by atoms with van der Waals surface area (Å²) in [4.78, 5) is 41.4. The minimum Gasteiger partial charge on any atom is -0.452 e. The summed E-state index contributed by atoms with van der Waals surface area (Å²) in [6.07, 6.45) is 2.39. The molecule has 6 nitrogen and oxygen atoms in total. The number of benzene rings is 1. The van der Waals surface area contributed by atoms with E-state index in [1.807, 2.05) is 31.2 Å². The van der Waals surface area contributed by atoms with Gasteiger partial charge in [0.25, 0.3) is 11.8 Å². The molecule has 0 N–H and O–H groups in total. The zero-order valence-corrected chi connectivity index (χ0v) is 17.7. The second kappa shape index (κ2) is 9.42. The fourth-order valence-corrected chi connectivity index (χ4v) is 4.11. The van der Waals surface area contributed by atoms with E-state index >= 15 is 0 Å². The molecule has 29 heavy (non-hydrogen) atoms. The van der Waals surface area contributed by atoms with E-state index in [9.17, 15) is 14.4 Å². The van der Waals surface area contributed by atoms with Crippen molar-refractivity contribution in [1.29, 1.82) is 0 Å². The predicted octanol–water partition coefficient (Wildman–Crippen LogP) is 3.04. The van der Waals surface area contributed by atoms with Crippen LogP contribution in [0, 0.1) is 18.8 Å². The Labute approximate surface area is 173 Å². The minimum atomic E-state index is -0.748. The fourth-order valence-electron chi connectivity index (χ4n) is 4.11. The average molecular weight is 401 g/mol. The molecule has 0 unspecified atom stereocenters. The molecule has 1 atom stereocenters. The third kappa shape index (κ3) is 5.17. The van der Waals surface area contributed by atoms with Gasteiger partial charge in [0.05, 0.1) is 5.92 Å². The third-order valence-electron chi connectivity index (χ3n) is 6.23. The Hall–Kier alpha value is -2.37. The highest BCUT2D eigenvalue weighted by atomic mass is 16.5. The molecule has 0 spiro atoms. The Morgan fingerprint density at radius 1 is 0.966 bits per heavy atom. The quantitative estimate of drug-likeness (QED) is 0.729. The largest absolute Gasteiger partial charge is 0.452 e. The number of likely N-dealkylation sites (tertiary alicyclic amines) is 2. The molecule has 2 fully saturated rings. The van der Waals surface area contributed by atoms with Crippen LogP contribution in [0.5, 0.6) is 0 Å². The monoisotopic (exact) mass is 400 g/mol. The maximum Gasteiger partial charge on any atom is 0.309 e. The number of esters is 1. The predicted molar refractivity (Wildman–Crippen MR) is 110 cm³/mol. The van der Waals surface area contributed by atoms with E-state index < -0.39 is 6.10 Å². The summed E-state index contributed by atoms with van der Waals surface area (Å²) in [5, 5.41) is 0. The Morgan fingerprint density at radius 2 is 1.55 bits per heavy atom. The fraction of sp³-hybridized carbons (Fsp3) is 0.609. The molecule has 0 aliphatic carbocycles. The lowest BCUT2D eigenvalue weighted by molar-refractivity contribution is -0.164. The summed E-state index contributed by atoms with van der Waals surface area (Å²) in [5.41, 5.74) is 1.67. The molecule has 2 aliphatic rings. The second-order valence-electron chi connectivity index (χ2n) is 8.47. The molecule has 3 rings (SSSR count). The van der Waals surface area contributed by atoms with E-state index in [-0.39, 0.29) is 23.7 Å². The smallest absolute Gasteiger partial charge is 0.309 e. The molecule has 2 amide bonds. The maximum atomic E-state index is 12.7. The van der Waals surface area contributed by atoms with Crippen LogP contribution in [0.15, 0.2) is 24.3 Å². The summed E-state index contributed by atoms with van der Waals surface area (Å²) >= 11 is 0. The van der Waals surface area contributed by atoms with Gasteiger partial charge in [-0.25, -0.2) is 0 Å². The second-order valence-corrected chi connectivity index (χ2v) is 8.47. The van der Waals surface area contributed by atoms with Crippen LogP contribution in [0.4, 0.5) is 0 Å². The van der Waals surface area contributed by atoms with Gasteiger partial charge < -0.3 is 14.5 Å². The summed E-state index contributed by atoms with van der Waals surface area (Å²) in [6, 6.07) is 7.55. The van der Waals surface area contributed by atoms with Crippen LogP contribution in [-0.2, 0) is 14.3 Å². The van der Waals surface area contributed by atoms with Crippen molar-refractivity contribution in [2.75, 3.05) is 26.2 Å². The topological polar surface area (TPSA) is 66.9 Å². The SMILES string of the molecule is Cc1ccccc1C(=O)N1CCC(C(=O)O[C@@H](C)C(=O)N2CCC(C)CC2)CC1. The first-order valence-electron chi connectivity index (χ1n) is 10.7. The van der Waals surface area contributed by atoms with E-state index in [0.717, 1.165) is 31.5 Å². The first-order valence-corrected chi connectivity index (χ1v) is 10.7. The van der Waals surface area contributed by atoms with Crippen molar-refractivity contribution in [2.24, 2.45) is 11.8 Å². The number of piperidine rings is 2. The van der Waals surface area contributed by atoms with Gasteiger partial charge in [-0.05, 0) is 57.1 Å². The Kier molecular flexibility index (Phi) is 6.93. The zero-order valence-electron chi connectivity index (χ0n) is 17.7. The molecule has 2 heterocycles. The van der Waals surface area contributed by atoms with Crippen molar-refractivity contribution >= 4 is 17.8 Å². The van der Waals surface area contributed by atoms with Crippen molar-refractivity contribution in [3.63, 3.8) is 0 Å². The Balaban J connectivity index is 1.48. The third-order valence-corrected chi connectivity index (χ3v) is 6.23. The van der Waals surface area contributed by atoms with Gasteiger partial charge in [0, 0.05) is 31.7 Å². The van der Waals surface area contributed by atoms with E-state index in [2.05, 4.69) is 6.92 Å². The number of ether oxygens (including phenoxy) is 1. The maximum absolute atomic E-state index is 12.7. The number of carbonyl (C=O) groups is 3. The van der Waals surface area contributed by atoms with Crippen molar-refractivity contribution < 1.29 is 19.1 Å². The zero-order chi connectivity index (χ0) is 21.0. The normalized spacial score (nSPS) is 19.7. The molecule has 6 heteroatoms. The van der Waals surface area contributed by atoms with E-state index in [1.165, 1.54) is 0 Å². The van der Waals surface area contributed by atoms with Gasteiger partial charge >= 0.3 is 5.97 Å². The number of carbonyl (C=O) groups excluding carboxylic acids is 3. The summed E-state index contributed by atoms with van der Waals surface area (Å²) in [6.45, 7) is 8.32. The lowest BCUT2D eigenvalue weighted by atomic mass is 9.96. The van der Waals surface area contributed by atoms with Crippen LogP contribution in [0.1, 0.15) is 55.5 Å². The van der Waals surface area contributed by atoms with Crippen LogP contribution in [0.25, 0.3) is 0 Å². The lowest BCUT2D eigenvalue weighted by Crippen LogP contribution is -2.45. The van der Waals surface area contributed by atoms with Gasteiger partial charge in [-0.15, -0.1) is 0 Å².